The van der Waals surface area contributed by atoms with E-state index in [-0.39, 0.29) is 11.7 Å². The fourth-order valence-electron chi connectivity index (χ4n) is 1.76. The number of carbonyl (C=O) groups excluding carboxylic acids is 2. The summed E-state index contributed by atoms with van der Waals surface area (Å²) in [7, 11) is 0. The molecule has 4 heteroatoms. The average molecular weight is 198 g/mol. The van der Waals surface area contributed by atoms with Crippen LogP contribution in [0.3, 0.4) is 0 Å². The number of hydrogen-bond acceptors (Lipinski definition) is 3. The highest BCUT2D eigenvalue weighted by Crippen LogP contribution is 2.29. The van der Waals surface area contributed by atoms with Crippen LogP contribution in [-0.2, 0) is 9.59 Å². The summed E-state index contributed by atoms with van der Waals surface area (Å²) in [6.07, 6.45) is 1.37. The first-order chi connectivity index (χ1) is 6.44. The van der Waals surface area contributed by atoms with Crippen LogP contribution in [0.5, 0.6) is 0 Å². The summed E-state index contributed by atoms with van der Waals surface area (Å²) in [5.74, 6) is -0.0412. The van der Waals surface area contributed by atoms with Crippen LogP contribution in [-0.4, -0.2) is 36.2 Å². The normalized spacial score (nSPS) is 27.9. The third kappa shape index (κ3) is 2.54. The van der Waals surface area contributed by atoms with Crippen LogP contribution in [0.25, 0.3) is 0 Å². The standard InChI is InChI=1S/C10H18N2O2/c1-8(13)3-5-12-6-4-10(2,7-12)9(11)14/h3-7H2,1-2H3,(H2,11,14). The summed E-state index contributed by atoms with van der Waals surface area (Å²) in [6.45, 7) is 5.78. The minimum absolute atomic E-state index is 0.192. The molecule has 2 N–H and O–H groups in total. The van der Waals surface area contributed by atoms with Crippen LogP contribution in [0.1, 0.15) is 26.7 Å². The molecule has 1 saturated heterocycles. The first-order valence-electron chi connectivity index (χ1n) is 4.96. The van der Waals surface area contributed by atoms with Gasteiger partial charge in [-0.1, -0.05) is 0 Å². The van der Waals surface area contributed by atoms with Gasteiger partial charge in [-0.15, -0.1) is 0 Å². The Morgan fingerprint density at radius 3 is 2.57 bits per heavy atom. The first kappa shape index (κ1) is 11.2. The molecule has 1 rings (SSSR count). The van der Waals surface area contributed by atoms with Crippen molar-refractivity contribution in [2.45, 2.75) is 26.7 Å². The van der Waals surface area contributed by atoms with Gasteiger partial charge in [0.05, 0.1) is 5.41 Å². The van der Waals surface area contributed by atoms with Crippen molar-refractivity contribution in [1.29, 1.82) is 0 Å². The summed E-state index contributed by atoms with van der Waals surface area (Å²) >= 11 is 0. The van der Waals surface area contributed by atoms with Crippen LogP contribution in [0, 0.1) is 5.41 Å². The van der Waals surface area contributed by atoms with Gasteiger partial charge in [-0.3, -0.25) is 9.59 Å². The fourth-order valence-corrected chi connectivity index (χ4v) is 1.76. The highest BCUT2D eigenvalue weighted by molar-refractivity contribution is 5.81. The zero-order chi connectivity index (χ0) is 10.8. The molecule has 0 bridgehead atoms. The van der Waals surface area contributed by atoms with Crippen LogP contribution in [0.4, 0.5) is 0 Å². The third-order valence-electron chi connectivity index (χ3n) is 2.93. The lowest BCUT2D eigenvalue weighted by molar-refractivity contribution is -0.126. The van der Waals surface area contributed by atoms with Crippen LogP contribution < -0.4 is 5.73 Å². The van der Waals surface area contributed by atoms with E-state index in [0.29, 0.717) is 13.0 Å². The number of rotatable bonds is 4. The highest BCUT2D eigenvalue weighted by Gasteiger charge is 2.38. The van der Waals surface area contributed by atoms with Gasteiger partial charge in [-0.2, -0.15) is 0 Å². The summed E-state index contributed by atoms with van der Waals surface area (Å²) in [5, 5.41) is 0. The number of likely N-dealkylation sites (tertiary alicyclic amines) is 1. The number of nitrogens with zero attached hydrogens (tertiary/aromatic N) is 1. The van der Waals surface area contributed by atoms with Gasteiger partial charge in [0.2, 0.25) is 5.91 Å². The van der Waals surface area contributed by atoms with Gasteiger partial charge in [0.1, 0.15) is 5.78 Å². The second kappa shape index (κ2) is 4.09. The van der Waals surface area contributed by atoms with Gasteiger partial charge in [-0.25, -0.2) is 0 Å². The Kier molecular flexibility index (Phi) is 3.26. The number of carbonyl (C=O) groups is 2. The molecule has 14 heavy (non-hydrogen) atoms. The molecule has 0 radical (unpaired) electrons. The number of nitrogens with two attached hydrogens (primary N) is 1. The summed E-state index contributed by atoms with van der Waals surface area (Å²) in [4.78, 5) is 24.0. The lowest BCUT2D eigenvalue weighted by Crippen LogP contribution is -2.37. The molecule has 0 spiro atoms. The molecule has 0 aromatic carbocycles. The van der Waals surface area contributed by atoms with E-state index in [1.54, 1.807) is 6.92 Å². The number of primary amides is 1. The molecule has 1 fully saturated rings. The molecule has 0 aromatic rings. The van der Waals surface area contributed by atoms with Crippen molar-refractivity contribution >= 4 is 11.7 Å². The number of amides is 1. The van der Waals surface area contributed by atoms with E-state index in [2.05, 4.69) is 4.90 Å². The molecule has 1 atom stereocenters. The molecule has 4 nitrogen and oxygen atoms in total. The monoisotopic (exact) mass is 198 g/mol. The van der Waals surface area contributed by atoms with E-state index < -0.39 is 5.41 Å². The van der Waals surface area contributed by atoms with Crippen molar-refractivity contribution in [3.8, 4) is 0 Å². The SMILES string of the molecule is CC(=O)CCN1CCC(C)(C(N)=O)C1. The summed E-state index contributed by atoms with van der Waals surface area (Å²) in [5.41, 5.74) is 4.93. The van der Waals surface area contributed by atoms with Crippen molar-refractivity contribution in [3.63, 3.8) is 0 Å². The average Bonchev–Trinajstić information content (AvgIpc) is 2.45. The predicted octanol–water partition coefficient (Wildman–Crippen LogP) is 0.163. The second-order valence-electron chi connectivity index (χ2n) is 4.40. The first-order valence-corrected chi connectivity index (χ1v) is 4.96. The van der Waals surface area contributed by atoms with Crippen molar-refractivity contribution in [1.82, 2.24) is 4.90 Å². The van der Waals surface area contributed by atoms with E-state index in [1.807, 2.05) is 6.92 Å². The third-order valence-corrected chi connectivity index (χ3v) is 2.93. The number of Topliss-reactive ketones (excluding diaryl/α,β-unsaturated/α-hetero) is 1. The molecule has 80 valence electrons. The molecule has 1 aliphatic heterocycles. The maximum Gasteiger partial charge on any atom is 0.224 e. The molecular formula is C10H18N2O2. The van der Waals surface area contributed by atoms with Crippen LogP contribution in [0.2, 0.25) is 0 Å². The Balaban J connectivity index is 2.41. The van der Waals surface area contributed by atoms with Crippen molar-refractivity contribution in [3.05, 3.63) is 0 Å². The Bertz CT molecular complexity index is 253. The van der Waals surface area contributed by atoms with Crippen molar-refractivity contribution < 1.29 is 9.59 Å². The van der Waals surface area contributed by atoms with Gasteiger partial charge >= 0.3 is 0 Å². The van der Waals surface area contributed by atoms with Gasteiger partial charge in [0.15, 0.2) is 0 Å². The molecule has 1 heterocycles. The largest absolute Gasteiger partial charge is 0.369 e. The van der Waals surface area contributed by atoms with Gasteiger partial charge < -0.3 is 10.6 Å². The molecular weight excluding hydrogens is 180 g/mol. The zero-order valence-corrected chi connectivity index (χ0v) is 8.88. The van der Waals surface area contributed by atoms with Gasteiger partial charge in [0.25, 0.3) is 0 Å². The zero-order valence-electron chi connectivity index (χ0n) is 8.88. The molecule has 1 aliphatic rings. The lowest BCUT2D eigenvalue weighted by Gasteiger charge is -2.20. The Labute approximate surface area is 84.4 Å². The van der Waals surface area contributed by atoms with E-state index >= 15 is 0 Å². The Hall–Kier alpha value is -0.900. The molecule has 1 amide bonds. The van der Waals surface area contributed by atoms with Crippen LogP contribution in [0.15, 0.2) is 0 Å². The Morgan fingerprint density at radius 1 is 1.50 bits per heavy atom. The number of ketones is 1. The van der Waals surface area contributed by atoms with E-state index in [1.165, 1.54) is 0 Å². The van der Waals surface area contributed by atoms with E-state index in [4.69, 9.17) is 5.73 Å². The minimum Gasteiger partial charge on any atom is -0.369 e. The van der Waals surface area contributed by atoms with Gasteiger partial charge in [0, 0.05) is 19.5 Å². The molecule has 0 aromatic heterocycles. The molecule has 0 saturated carbocycles. The topological polar surface area (TPSA) is 63.4 Å². The Morgan fingerprint density at radius 2 is 2.14 bits per heavy atom. The summed E-state index contributed by atoms with van der Waals surface area (Å²) in [6, 6.07) is 0. The quantitative estimate of drug-likeness (QED) is 0.700. The second-order valence-corrected chi connectivity index (χ2v) is 4.40. The van der Waals surface area contributed by atoms with E-state index in [9.17, 15) is 9.59 Å². The van der Waals surface area contributed by atoms with Gasteiger partial charge in [-0.05, 0) is 26.8 Å². The van der Waals surface area contributed by atoms with E-state index in [0.717, 1.165) is 19.5 Å². The van der Waals surface area contributed by atoms with Crippen molar-refractivity contribution in [2.75, 3.05) is 19.6 Å². The number of hydrogen-bond donors (Lipinski definition) is 1. The molecule has 1 unspecified atom stereocenters. The predicted molar refractivity (Wildman–Crippen MR) is 53.7 cm³/mol. The smallest absolute Gasteiger partial charge is 0.224 e. The fraction of sp³-hybridized carbons (Fsp3) is 0.800. The van der Waals surface area contributed by atoms with Crippen LogP contribution >= 0.6 is 0 Å². The maximum absolute atomic E-state index is 11.1. The van der Waals surface area contributed by atoms with Crippen molar-refractivity contribution in [2.24, 2.45) is 11.1 Å². The summed E-state index contributed by atoms with van der Waals surface area (Å²) < 4.78 is 0. The minimum atomic E-state index is -0.392. The highest BCUT2D eigenvalue weighted by atomic mass is 16.1. The lowest BCUT2D eigenvalue weighted by atomic mass is 9.89. The molecule has 0 aliphatic carbocycles. The maximum atomic E-state index is 11.1.